The van der Waals surface area contributed by atoms with E-state index in [0.717, 1.165) is 31.7 Å². The smallest absolute Gasteiger partial charge is 0.264 e. The summed E-state index contributed by atoms with van der Waals surface area (Å²) in [4.78, 5) is 20.1. The second-order valence-corrected chi connectivity index (χ2v) is 6.82. The predicted molar refractivity (Wildman–Crippen MR) is 92.3 cm³/mol. The molecule has 0 unspecified atom stereocenters. The van der Waals surface area contributed by atoms with Crippen molar-refractivity contribution in [3.63, 3.8) is 0 Å². The summed E-state index contributed by atoms with van der Waals surface area (Å²) in [7, 11) is 0. The Morgan fingerprint density at radius 2 is 2.22 bits per heavy atom. The van der Waals surface area contributed by atoms with Crippen molar-refractivity contribution < 1.29 is 9.53 Å². The van der Waals surface area contributed by atoms with Crippen LogP contribution in [-0.2, 0) is 17.8 Å². The zero-order valence-electron chi connectivity index (χ0n) is 12.8. The lowest BCUT2D eigenvalue weighted by atomic mass is 10.2. The Morgan fingerprint density at radius 3 is 2.96 bits per heavy atom. The molecule has 0 atom stereocenters. The van der Waals surface area contributed by atoms with Gasteiger partial charge in [0.25, 0.3) is 5.91 Å². The number of halogens is 1. The number of anilines is 1. The molecule has 5 nitrogen and oxygen atoms in total. The lowest BCUT2D eigenvalue weighted by Gasteiger charge is -2.23. The number of nitrogens with zero attached hydrogens (tertiary/aromatic N) is 2. The molecule has 0 spiro atoms. The molecule has 122 valence electrons. The molecule has 1 aliphatic heterocycles. The van der Waals surface area contributed by atoms with Gasteiger partial charge in [-0.25, -0.2) is 4.98 Å². The summed E-state index contributed by atoms with van der Waals surface area (Å²) in [5.41, 5.74) is 1.11. The number of nitrogens with one attached hydrogen (secondary N) is 1. The molecule has 7 heteroatoms. The van der Waals surface area contributed by atoms with Crippen molar-refractivity contribution in [2.75, 3.05) is 25.0 Å². The Bertz CT molecular complexity index is 687. The van der Waals surface area contributed by atoms with Gasteiger partial charge >= 0.3 is 0 Å². The van der Waals surface area contributed by atoms with Gasteiger partial charge in [-0.15, -0.1) is 11.3 Å². The molecule has 2 aromatic rings. The van der Waals surface area contributed by atoms with Crippen molar-refractivity contribution in [2.24, 2.45) is 0 Å². The third-order valence-corrected chi connectivity index (χ3v) is 4.94. The summed E-state index contributed by atoms with van der Waals surface area (Å²) in [6.07, 6.45) is 0.941. The maximum Gasteiger partial charge on any atom is 0.264 e. The zero-order chi connectivity index (χ0) is 16.2. The van der Waals surface area contributed by atoms with Crippen molar-refractivity contribution in [3.05, 3.63) is 39.9 Å². The van der Waals surface area contributed by atoms with Crippen LogP contribution in [0.3, 0.4) is 0 Å². The highest BCUT2D eigenvalue weighted by molar-refractivity contribution is 7.15. The van der Waals surface area contributed by atoms with Gasteiger partial charge in [-0.3, -0.25) is 15.0 Å². The molecule has 1 aromatic heterocycles. The van der Waals surface area contributed by atoms with E-state index < -0.39 is 0 Å². The number of likely N-dealkylation sites (N-methyl/N-ethyl adjacent to an activating group) is 1. The van der Waals surface area contributed by atoms with Gasteiger partial charge in [0.1, 0.15) is 5.75 Å². The van der Waals surface area contributed by atoms with Crippen LogP contribution in [0.5, 0.6) is 5.75 Å². The summed E-state index contributed by atoms with van der Waals surface area (Å²) < 4.78 is 5.43. The van der Waals surface area contributed by atoms with E-state index >= 15 is 0 Å². The van der Waals surface area contributed by atoms with Crippen LogP contribution >= 0.6 is 22.9 Å². The Labute approximate surface area is 144 Å². The molecule has 0 radical (unpaired) electrons. The van der Waals surface area contributed by atoms with Crippen LogP contribution in [0.2, 0.25) is 5.02 Å². The second-order valence-electron chi connectivity index (χ2n) is 5.30. The first kappa shape index (κ1) is 16.2. The summed E-state index contributed by atoms with van der Waals surface area (Å²) in [6.45, 7) is 5.09. The first-order chi connectivity index (χ1) is 11.1. The molecule has 3 rings (SSSR count). The molecular formula is C16H18ClN3O2S. The zero-order valence-corrected chi connectivity index (χ0v) is 14.4. The van der Waals surface area contributed by atoms with Crippen LogP contribution in [0.15, 0.2) is 24.3 Å². The molecule has 0 fully saturated rings. The summed E-state index contributed by atoms with van der Waals surface area (Å²) in [6, 6.07) is 6.92. The maximum atomic E-state index is 12.0. The first-order valence-electron chi connectivity index (χ1n) is 7.53. The van der Waals surface area contributed by atoms with Gasteiger partial charge in [-0.2, -0.15) is 0 Å². The predicted octanol–water partition coefficient (Wildman–Crippen LogP) is 3.19. The van der Waals surface area contributed by atoms with E-state index in [9.17, 15) is 4.79 Å². The molecular weight excluding hydrogens is 334 g/mol. The normalized spacial score (nSPS) is 14.3. The highest BCUT2D eigenvalue weighted by Crippen LogP contribution is 2.28. The van der Waals surface area contributed by atoms with Gasteiger partial charge in [-0.05, 0) is 30.8 Å². The third-order valence-electron chi connectivity index (χ3n) is 3.69. The highest BCUT2D eigenvalue weighted by Gasteiger charge is 2.20. The molecule has 0 saturated heterocycles. The number of rotatable bonds is 5. The fraction of sp³-hybridized carbons (Fsp3) is 0.375. The van der Waals surface area contributed by atoms with Crippen LogP contribution in [-0.4, -0.2) is 35.5 Å². The third kappa shape index (κ3) is 4.22. The van der Waals surface area contributed by atoms with E-state index in [1.54, 1.807) is 35.6 Å². The van der Waals surface area contributed by atoms with Crippen molar-refractivity contribution in [3.8, 4) is 5.75 Å². The average molecular weight is 352 g/mol. The summed E-state index contributed by atoms with van der Waals surface area (Å²) in [5, 5.41) is 4.10. The Balaban J connectivity index is 1.54. The van der Waals surface area contributed by atoms with Crippen molar-refractivity contribution >= 4 is 34.0 Å². The average Bonchev–Trinajstić information content (AvgIpc) is 2.95. The minimum absolute atomic E-state index is 0.0486. The number of aromatic nitrogens is 1. The number of fused-ring (bicyclic) bond motifs is 1. The number of thiazole rings is 1. The molecule has 0 aliphatic carbocycles. The number of amides is 1. The largest absolute Gasteiger partial charge is 0.484 e. The number of hydrogen-bond donors (Lipinski definition) is 1. The van der Waals surface area contributed by atoms with Gasteiger partial charge in [0.2, 0.25) is 0 Å². The Kier molecular flexibility index (Phi) is 5.15. The topological polar surface area (TPSA) is 54.5 Å². The van der Waals surface area contributed by atoms with Crippen molar-refractivity contribution in [2.45, 2.75) is 19.9 Å². The number of ether oxygens (including phenoxy) is 1. The fourth-order valence-electron chi connectivity index (χ4n) is 2.41. The lowest BCUT2D eigenvalue weighted by Crippen LogP contribution is -2.29. The SMILES string of the molecule is CCN1CCc2nc(NC(=O)COc3ccc(Cl)cc3)sc2C1. The van der Waals surface area contributed by atoms with Gasteiger partial charge in [0, 0.05) is 29.4 Å². The van der Waals surface area contributed by atoms with Crippen LogP contribution in [0.25, 0.3) is 0 Å². The quantitative estimate of drug-likeness (QED) is 0.898. The van der Waals surface area contributed by atoms with E-state index in [2.05, 4.69) is 22.1 Å². The van der Waals surface area contributed by atoms with Gasteiger partial charge < -0.3 is 4.74 Å². The lowest BCUT2D eigenvalue weighted by molar-refractivity contribution is -0.118. The second kappa shape index (κ2) is 7.29. The molecule has 2 heterocycles. The monoisotopic (exact) mass is 351 g/mol. The fourth-order valence-corrected chi connectivity index (χ4v) is 3.60. The van der Waals surface area contributed by atoms with Crippen molar-refractivity contribution in [1.82, 2.24) is 9.88 Å². The van der Waals surface area contributed by atoms with Gasteiger partial charge in [0.05, 0.1) is 5.69 Å². The van der Waals surface area contributed by atoms with Crippen LogP contribution < -0.4 is 10.1 Å². The van der Waals surface area contributed by atoms with E-state index in [4.69, 9.17) is 16.3 Å². The van der Waals surface area contributed by atoms with E-state index in [0.29, 0.717) is 15.9 Å². The first-order valence-corrected chi connectivity index (χ1v) is 8.72. The Morgan fingerprint density at radius 1 is 1.43 bits per heavy atom. The highest BCUT2D eigenvalue weighted by atomic mass is 35.5. The van der Waals surface area contributed by atoms with Gasteiger partial charge in [-0.1, -0.05) is 18.5 Å². The van der Waals surface area contributed by atoms with Crippen molar-refractivity contribution in [1.29, 1.82) is 0 Å². The number of carbonyl (C=O) groups is 1. The number of hydrogen-bond acceptors (Lipinski definition) is 5. The van der Waals surface area contributed by atoms with Crippen LogP contribution in [0.1, 0.15) is 17.5 Å². The maximum absolute atomic E-state index is 12.0. The van der Waals surface area contributed by atoms with E-state index in [1.165, 1.54) is 4.88 Å². The van der Waals surface area contributed by atoms with Gasteiger partial charge in [0.15, 0.2) is 11.7 Å². The van der Waals surface area contributed by atoms with E-state index in [-0.39, 0.29) is 12.5 Å². The molecule has 1 amide bonds. The van der Waals surface area contributed by atoms with E-state index in [1.807, 2.05) is 0 Å². The minimum atomic E-state index is -0.210. The molecule has 1 aromatic carbocycles. The summed E-state index contributed by atoms with van der Waals surface area (Å²) in [5.74, 6) is 0.403. The summed E-state index contributed by atoms with van der Waals surface area (Å²) >= 11 is 7.36. The number of benzene rings is 1. The Hall–Kier alpha value is -1.63. The molecule has 1 aliphatic rings. The molecule has 23 heavy (non-hydrogen) atoms. The molecule has 1 N–H and O–H groups in total. The standard InChI is InChI=1S/C16H18ClN3O2S/c1-2-20-8-7-13-14(9-20)23-16(18-13)19-15(21)10-22-12-5-3-11(17)4-6-12/h3-6H,2,7-10H2,1H3,(H,18,19,21). The number of carbonyl (C=O) groups excluding carboxylic acids is 1. The molecule has 0 bridgehead atoms. The molecule has 0 saturated carbocycles. The minimum Gasteiger partial charge on any atom is -0.484 e. The van der Waals surface area contributed by atoms with Crippen LogP contribution in [0, 0.1) is 0 Å². The van der Waals surface area contributed by atoms with Crippen LogP contribution in [0.4, 0.5) is 5.13 Å².